The molecule has 32 heavy (non-hydrogen) atoms. The monoisotopic (exact) mass is 456 g/mol. The topological polar surface area (TPSA) is 69.0 Å². The number of benzene rings is 2. The summed E-state index contributed by atoms with van der Waals surface area (Å²) < 4.78 is 21.8. The fourth-order valence-corrected chi connectivity index (χ4v) is 4.10. The molecule has 0 saturated carbocycles. The number of halogens is 1. The van der Waals surface area contributed by atoms with Gasteiger partial charge in [0.2, 0.25) is 5.91 Å². The SMILES string of the molecule is Cc1cccc(C)c1NC(=O)CSc1nnc(C(C)Oc2ccccc2F)n1CC(C)C. The van der Waals surface area contributed by atoms with Crippen molar-refractivity contribution >= 4 is 23.4 Å². The molecule has 2 aromatic carbocycles. The summed E-state index contributed by atoms with van der Waals surface area (Å²) in [5.41, 5.74) is 2.88. The summed E-state index contributed by atoms with van der Waals surface area (Å²) in [7, 11) is 0. The van der Waals surface area contributed by atoms with Gasteiger partial charge in [-0.25, -0.2) is 4.39 Å². The number of nitrogens with zero attached hydrogens (tertiary/aromatic N) is 3. The number of amides is 1. The van der Waals surface area contributed by atoms with Crippen LogP contribution in [-0.4, -0.2) is 26.4 Å². The van der Waals surface area contributed by atoms with Crippen LogP contribution in [0.2, 0.25) is 0 Å². The maximum absolute atomic E-state index is 14.0. The summed E-state index contributed by atoms with van der Waals surface area (Å²) in [5.74, 6) is 0.761. The average Bonchev–Trinajstić information content (AvgIpc) is 3.13. The third kappa shape index (κ3) is 5.88. The number of aryl methyl sites for hydroxylation is 2. The first-order chi connectivity index (χ1) is 15.3. The maximum atomic E-state index is 14.0. The third-order valence-corrected chi connectivity index (χ3v) is 5.84. The van der Waals surface area contributed by atoms with Gasteiger partial charge in [0.1, 0.15) is 0 Å². The maximum Gasteiger partial charge on any atom is 0.234 e. The van der Waals surface area contributed by atoms with Crippen molar-refractivity contribution in [2.45, 2.75) is 52.4 Å². The lowest BCUT2D eigenvalue weighted by atomic mass is 10.1. The molecule has 1 heterocycles. The lowest BCUT2D eigenvalue weighted by molar-refractivity contribution is -0.113. The van der Waals surface area contributed by atoms with E-state index in [4.69, 9.17) is 4.74 Å². The van der Waals surface area contributed by atoms with Crippen LogP contribution in [-0.2, 0) is 11.3 Å². The van der Waals surface area contributed by atoms with E-state index in [0.717, 1.165) is 16.8 Å². The number of ether oxygens (including phenoxy) is 1. The Morgan fingerprint density at radius 2 is 1.78 bits per heavy atom. The Labute approximate surface area is 192 Å². The van der Waals surface area contributed by atoms with Crippen LogP contribution in [0.5, 0.6) is 5.75 Å². The number of hydrogen-bond acceptors (Lipinski definition) is 5. The molecular weight excluding hydrogens is 427 g/mol. The Morgan fingerprint density at radius 1 is 1.09 bits per heavy atom. The zero-order valence-corrected chi connectivity index (χ0v) is 19.9. The number of thioether (sulfide) groups is 1. The van der Waals surface area contributed by atoms with E-state index in [1.807, 2.05) is 43.5 Å². The van der Waals surface area contributed by atoms with Crippen molar-refractivity contribution in [2.75, 3.05) is 11.1 Å². The predicted octanol–water partition coefficient (Wildman–Crippen LogP) is 5.56. The summed E-state index contributed by atoms with van der Waals surface area (Å²) in [4.78, 5) is 12.6. The number of carbonyl (C=O) groups is 1. The van der Waals surface area contributed by atoms with Crippen molar-refractivity contribution in [3.63, 3.8) is 0 Å². The Kier molecular flexibility index (Phi) is 7.90. The van der Waals surface area contributed by atoms with Gasteiger partial charge < -0.3 is 14.6 Å². The molecule has 170 valence electrons. The highest BCUT2D eigenvalue weighted by Gasteiger charge is 2.22. The highest BCUT2D eigenvalue weighted by molar-refractivity contribution is 7.99. The van der Waals surface area contributed by atoms with Crippen LogP contribution < -0.4 is 10.1 Å². The fourth-order valence-electron chi connectivity index (χ4n) is 3.34. The Hall–Kier alpha value is -2.87. The highest BCUT2D eigenvalue weighted by atomic mass is 32.2. The molecule has 0 saturated heterocycles. The Balaban J connectivity index is 1.73. The van der Waals surface area contributed by atoms with Gasteiger partial charge in [0.05, 0.1) is 5.75 Å². The largest absolute Gasteiger partial charge is 0.480 e. The quantitative estimate of drug-likeness (QED) is 0.427. The second-order valence-electron chi connectivity index (χ2n) is 8.14. The van der Waals surface area contributed by atoms with Gasteiger partial charge in [-0.2, -0.15) is 0 Å². The number of hydrogen-bond donors (Lipinski definition) is 1. The molecule has 1 unspecified atom stereocenters. The molecule has 0 bridgehead atoms. The minimum atomic E-state index is -0.504. The smallest absolute Gasteiger partial charge is 0.234 e. The first-order valence-electron chi connectivity index (χ1n) is 10.6. The van der Waals surface area contributed by atoms with Gasteiger partial charge in [0.25, 0.3) is 0 Å². The second-order valence-corrected chi connectivity index (χ2v) is 9.08. The van der Waals surface area contributed by atoms with Crippen LogP contribution >= 0.6 is 11.8 Å². The summed E-state index contributed by atoms with van der Waals surface area (Å²) in [6.45, 7) is 10.6. The summed E-state index contributed by atoms with van der Waals surface area (Å²) in [6, 6.07) is 12.2. The van der Waals surface area contributed by atoms with Gasteiger partial charge in [-0.1, -0.05) is 55.9 Å². The molecule has 6 nitrogen and oxygen atoms in total. The molecule has 8 heteroatoms. The van der Waals surface area contributed by atoms with Crippen LogP contribution in [0.25, 0.3) is 0 Å². The van der Waals surface area contributed by atoms with E-state index >= 15 is 0 Å². The average molecular weight is 457 g/mol. The van der Waals surface area contributed by atoms with Gasteiger partial charge in [-0.15, -0.1) is 10.2 Å². The minimum absolute atomic E-state index is 0.108. The van der Waals surface area contributed by atoms with Crippen molar-refractivity contribution in [3.05, 3.63) is 65.2 Å². The molecule has 0 aliphatic carbocycles. The molecule has 0 aliphatic heterocycles. The summed E-state index contributed by atoms with van der Waals surface area (Å²) >= 11 is 1.32. The molecule has 0 radical (unpaired) electrons. The molecule has 1 atom stereocenters. The van der Waals surface area contributed by atoms with Gasteiger partial charge in [-0.3, -0.25) is 4.79 Å². The molecular formula is C24H29FN4O2S. The number of para-hydroxylation sites is 2. The molecule has 3 aromatic rings. The number of rotatable bonds is 9. The van der Waals surface area contributed by atoms with E-state index in [1.165, 1.54) is 17.8 Å². The van der Waals surface area contributed by atoms with E-state index in [-0.39, 0.29) is 17.4 Å². The number of aromatic nitrogens is 3. The van der Waals surface area contributed by atoms with Crippen LogP contribution in [0.1, 0.15) is 43.8 Å². The lowest BCUT2D eigenvalue weighted by Crippen LogP contribution is -2.18. The van der Waals surface area contributed by atoms with E-state index in [0.29, 0.717) is 23.4 Å². The highest BCUT2D eigenvalue weighted by Crippen LogP contribution is 2.27. The third-order valence-electron chi connectivity index (χ3n) is 4.88. The van der Waals surface area contributed by atoms with Crippen molar-refractivity contribution in [1.82, 2.24) is 14.8 Å². The standard InChI is InChI=1S/C24H29FN4O2S/c1-15(2)13-29-23(18(5)31-20-12-7-6-11-19(20)25)27-28-24(29)32-14-21(30)26-22-16(3)9-8-10-17(22)4/h6-12,15,18H,13-14H2,1-5H3,(H,26,30). The van der Waals surface area contributed by atoms with Crippen molar-refractivity contribution in [1.29, 1.82) is 0 Å². The zero-order valence-electron chi connectivity index (χ0n) is 19.1. The molecule has 1 N–H and O–H groups in total. The molecule has 3 rings (SSSR count). The van der Waals surface area contributed by atoms with E-state index < -0.39 is 11.9 Å². The molecule has 1 aromatic heterocycles. The fraction of sp³-hybridized carbons (Fsp3) is 0.375. The van der Waals surface area contributed by atoms with Crippen LogP contribution in [0.3, 0.4) is 0 Å². The van der Waals surface area contributed by atoms with Crippen molar-refractivity contribution < 1.29 is 13.9 Å². The first-order valence-corrected chi connectivity index (χ1v) is 11.6. The summed E-state index contributed by atoms with van der Waals surface area (Å²) in [6.07, 6.45) is -0.504. The van der Waals surface area contributed by atoms with E-state index in [1.54, 1.807) is 18.2 Å². The van der Waals surface area contributed by atoms with E-state index in [9.17, 15) is 9.18 Å². The van der Waals surface area contributed by atoms with E-state index in [2.05, 4.69) is 29.4 Å². The van der Waals surface area contributed by atoms with Crippen LogP contribution in [0.4, 0.5) is 10.1 Å². The number of carbonyl (C=O) groups excluding carboxylic acids is 1. The zero-order chi connectivity index (χ0) is 23.3. The van der Waals surface area contributed by atoms with Gasteiger partial charge in [0, 0.05) is 12.2 Å². The van der Waals surface area contributed by atoms with Crippen LogP contribution in [0.15, 0.2) is 47.6 Å². The molecule has 0 aliphatic rings. The Morgan fingerprint density at radius 3 is 2.44 bits per heavy atom. The van der Waals surface area contributed by atoms with Gasteiger partial charge >= 0.3 is 0 Å². The number of anilines is 1. The number of nitrogens with one attached hydrogen (secondary N) is 1. The summed E-state index contributed by atoms with van der Waals surface area (Å²) in [5, 5.41) is 12.2. The first kappa shape index (κ1) is 23.8. The second kappa shape index (κ2) is 10.6. The minimum Gasteiger partial charge on any atom is -0.480 e. The van der Waals surface area contributed by atoms with Gasteiger partial charge in [-0.05, 0) is 49.9 Å². The van der Waals surface area contributed by atoms with Gasteiger partial charge in [0.15, 0.2) is 28.7 Å². The molecule has 0 spiro atoms. The molecule has 0 fully saturated rings. The van der Waals surface area contributed by atoms with Crippen molar-refractivity contribution in [2.24, 2.45) is 5.92 Å². The lowest BCUT2D eigenvalue weighted by Gasteiger charge is -2.18. The molecule has 1 amide bonds. The van der Waals surface area contributed by atoms with Crippen molar-refractivity contribution in [3.8, 4) is 5.75 Å². The van der Waals surface area contributed by atoms with Crippen LogP contribution in [0, 0.1) is 25.6 Å². The Bertz CT molecular complexity index is 1060. The predicted molar refractivity (Wildman–Crippen MR) is 126 cm³/mol. The normalized spacial score (nSPS) is 12.1.